The van der Waals surface area contributed by atoms with Crippen molar-refractivity contribution in [1.29, 1.82) is 0 Å². The highest BCUT2D eigenvalue weighted by atomic mass is 79.9. The van der Waals surface area contributed by atoms with Crippen LogP contribution in [-0.2, 0) is 6.42 Å². The van der Waals surface area contributed by atoms with Crippen molar-refractivity contribution in [2.45, 2.75) is 71.0 Å². The fraction of sp³-hybridized carbons (Fsp3) is 0.647. The van der Waals surface area contributed by atoms with Gasteiger partial charge in [-0.25, -0.2) is 0 Å². The van der Waals surface area contributed by atoms with Gasteiger partial charge in [0.25, 0.3) is 0 Å². The van der Waals surface area contributed by atoms with E-state index >= 15 is 0 Å². The maximum Gasteiger partial charge on any atom is 0.0515 e. The second-order valence-electron chi connectivity index (χ2n) is 6.05. The molecule has 2 rings (SSSR count). The van der Waals surface area contributed by atoms with E-state index in [4.69, 9.17) is 5.73 Å². The van der Waals surface area contributed by atoms with Gasteiger partial charge in [-0.05, 0) is 72.7 Å². The van der Waals surface area contributed by atoms with Gasteiger partial charge in [-0.1, -0.05) is 19.9 Å². The summed E-state index contributed by atoms with van der Waals surface area (Å²) in [6, 6.07) is 8.36. The fourth-order valence-electron chi connectivity index (χ4n) is 3.24. The molecular weight excluding hydrogens is 312 g/mol. The topological polar surface area (TPSA) is 29.3 Å². The van der Waals surface area contributed by atoms with E-state index in [0.717, 1.165) is 12.8 Å². The molecule has 1 aromatic rings. The van der Waals surface area contributed by atoms with Gasteiger partial charge in [0.1, 0.15) is 0 Å². The van der Waals surface area contributed by atoms with Crippen molar-refractivity contribution in [2.24, 2.45) is 5.73 Å². The largest absolute Gasteiger partial charge is 0.365 e. The van der Waals surface area contributed by atoms with Gasteiger partial charge in [0.05, 0.1) is 5.69 Å². The zero-order chi connectivity index (χ0) is 14.7. The third kappa shape index (κ3) is 3.37. The van der Waals surface area contributed by atoms with E-state index in [9.17, 15) is 0 Å². The number of nitrogens with two attached hydrogens (primary N) is 1. The predicted molar refractivity (Wildman–Crippen MR) is 91.4 cm³/mol. The maximum atomic E-state index is 6.06. The third-order valence-electron chi connectivity index (χ3n) is 4.57. The minimum atomic E-state index is 0.266. The van der Waals surface area contributed by atoms with Gasteiger partial charge >= 0.3 is 0 Å². The van der Waals surface area contributed by atoms with Crippen molar-refractivity contribution in [3.63, 3.8) is 0 Å². The van der Waals surface area contributed by atoms with Crippen LogP contribution in [-0.4, -0.2) is 18.1 Å². The van der Waals surface area contributed by atoms with Crippen LogP contribution in [0.15, 0.2) is 22.7 Å². The lowest BCUT2D eigenvalue weighted by Gasteiger charge is -2.31. The molecule has 0 aromatic heterocycles. The van der Waals surface area contributed by atoms with Crippen molar-refractivity contribution in [3.8, 4) is 0 Å². The molecule has 1 aliphatic rings. The lowest BCUT2D eigenvalue weighted by Crippen LogP contribution is -2.34. The van der Waals surface area contributed by atoms with E-state index in [-0.39, 0.29) is 6.04 Å². The van der Waals surface area contributed by atoms with Crippen LogP contribution in [0, 0.1) is 0 Å². The van der Waals surface area contributed by atoms with Crippen molar-refractivity contribution in [2.75, 3.05) is 4.90 Å². The minimum absolute atomic E-state index is 0.266. The first kappa shape index (κ1) is 15.8. The van der Waals surface area contributed by atoms with Crippen LogP contribution >= 0.6 is 15.9 Å². The van der Waals surface area contributed by atoms with E-state index in [1.165, 1.54) is 35.0 Å². The Morgan fingerprint density at radius 1 is 1.35 bits per heavy atom. The van der Waals surface area contributed by atoms with Crippen LogP contribution in [0.5, 0.6) is 0 Å². The van der Waals surface area contributed by atoms with Gasteiger partial charge in [-0.3, -0.25) is 0 Å². The molecule has 20 heavy (non-hydrogen) atoms. The molecule has 0 aliphatic carbocycles. The molecule has 0 saturated carbocycles. The Labute approximate surface area is 131 Å². The Kier molecular flexibility index (Phi) is 5.50. The van der Waals surface area contributed by atoms with Gasteiger partial charge in [0.15, 0.2) is 0 Å². The zero-order valence-electron chi connectivity index (χ0n) is 12.9. The van der Waals surface area contributed by atoms with Gasteiger partial charge in [0, 0.05) is 22.6 Å². The average Bonchev–Trinajstić information content (AvgIpc) is 2.80. The number of nitrogens with zero attached hydrogens (tertiary/aromatic N) is 1. The third-order valence-corrected chi connectivity index (χ3v) is 5.20. The maximum absolute atomic E-state index is 6.06. The van der Waals surface area contributed by atoms with Gasteiger partial charge in [-0.15, -0.1) is 0 Å². The number of benzene rings is 1. The highest BCUT2D eigenvalue weighted by molar-refractivity contribution is 9.10. The highest BCUT2D eigenvalue weighted by Crippen LogP contribution is 2.37. The van der Waals surface area contributed by atoms with Crippen LogP contribution < -0.4 is 10.6 Å². The fourth-order valence-corrected chi connectivity index (χ4v) is 3.87. The average molecular weight is 339 g/mol. The molecule has 0 bridgehead atoms. The number of rotatable bonds is 5. The number of hydrogen-bond acceptors (Lipinski definition) is 2. The van der Waals surface area contributed by atoms with Crippen LogP contribution in [0.1, 0.15) is 52.0 Å². The molecule has 2 N–H and O–H groups in total. The van der Waals surface area contributed by atoms with Crippen LogP contribution in [0.4, 0.5) is 5.69 Å². The Hall–Kier alpha value is -0.540. The van der Waals surface area contributed by atoms with E-state index in [2.05, 4.69) is 59.8 Å². The summed E-state index contributed by atoms with van der Waals surface area (Å²) in [5, 5.41) is 0. The Morgan fingerprint density at radius 3 is 2.70 bits per heavy atom. The smallest absolute Gasteiger partial charge is 0.0515 e. The number of hydrogen-bond donors (Lipinski definition) is 1. The molecule has 1 heterocycles. The SMILES string of the molecule is CCC(N)Cc1ccc(N2C(C)CCC2CC)c(Br)c1. The molecule has 1 fully saturated rings. The Bertz CT molecular complexity index is 447. The number of halogens is 1. The molecule has 1 aliphatic heterocycles. The molecule has 1 saturated heterocycles. The Balaban J connectivity index is 2.20. The molecule has 3 heteroatoms. The van der Waals surface area contributed by atoms with Crippen molar-refractivity contribution < 1.29 is 0 Å². The minimum Gasteiger partial charge on any atom is -0.365 e. The van der Waals surface area contributed by atoms with E-state index in [0.29, 0.717) is 12.1 Å². The van der Waals surface area contributed by atoms with E-state index in [1.54, 1.807) is 0 Å². The van der Waals surface area contributed by atoms with E-state index < -0.39 is 0 Å². The summed E-state index contributed by atoms with van der Waals surface area (Å²) in [6.07, 6.45) is 5.82. The summed E-state index contributed by atoms with van der Waals surface area (Å²) in [6.45, 7) is 6.77. The van der Waals surface area contributed by atoms with E-state index in [1.807, 2.05) is 0 Å². The summed E-state index contributed by atoms with van der Waals surface area (Å²) in [7, 11) is 0. The highest BCUT2D eigenvalue weighted by Gasteiger charge is 2.30. The molecule has 2 nitrogen and oxygen atoms in total. The number of anilines is 1. The first-order chi connectivity index (χ1) is 9.56. The molecule has 0 amide bonds. The second-order valence-corrected chi connectivity index (χ2v) is 6.91. The standard InChI is InChI=1S/C17H27BrN2/c1-4-14(19)10-13-7-9-17(16(18)11-13)20-12(3)6-8-15(20)5-2/h7,9,11-12,14-15H,4-6,8,10,19H2,1-3H3. The summed E-state index contributed by atoms with van der Waals surface area (Å²) in [4.78, 5) is 2.59. The summed E-state index contributed by atoms with van der Waals surface area (Å²) in [5.41, 5.74) is 8.73. The molecule has 3 unspecified atom stereocenters. The lowest BCUT2D eigenvalue weighted by atomic mass is 10.0. The molecule has 0 spiro atoms. The van der Waals surface area contributed by atoms with Gasteiger partial charge in [0.2, 0.25) is 0 Å². The second kappa shape index (κ2) is 6.95. The molecule has 1 aromatic carbocycles. The lowest BCUT2D eigenvalue weighted by molar-refractivity contribution is 0.626. The molecule has 0 radical (unpaired) electrons. The quantitative estimate of drug-likeness (QED) is 0.856. The molecular formula is C17H27BrN2. The predicted octanol–water partition coefficient (Wildman–Crippen LogP) is 4.50. The Morgan fingerprint density at radius 2 is 2.10 bits per heavy atom. The van der Waals surface area contributed by atoms with Crippen molar-refractivity contribution in [1.82, 2.24) is 0 Å². The van der Waals surface area contributed by atoms with Crippen LogP contribution in [0.3, 0.4) is 0 Å². The van der Waals surface area contributed by atoms with Crippen LogP contribution in [0.25, 0.3) is 0 Å². The van der Waals surface area contributed by atoms with Gasteiger partial charge < -0.3 is 10.6 Å². The summed E-state index contributed by atoms with van der Waals surface area (Å²) < 4.78 is 1.21. The summed E-state index contributed by atoms with van der Waals surface area (Å²) in [5.74, 6) is 0. The van der Waals surface area contributed by atoms with Crippen molar-refractivity contribution >= 4 is 21.6 Å². The molecule has 112 valence electrons. The first-order valence-corrected chi connectivity index (χ1v) is 8.68. The zero-order valence-corrected chi connectivity index (χ0v) is 14.5. The van der Waals surface area contributed by atoms with Crippen LogP contribution in [0.2, 0.25) is 0 Å². The first-order valence-electron chi connectivity index (χ1n) is 7.89. The summed E-state index contributed by atoms with van der Waals surface area (Å²) >= 11 is 3.77. The monoisotopic (exact) mass is 338 g/mol. The van der Waals surface area contributed by atoms with Gasteiger partial charge in [-0.2, -0.15) is 0 Å². The van der Waals surface area contributed by atoms with Crippen molar-refractivity contribution in [3.05, 3.63) is 28.2 Å². The molecule has 3 atom stereocenters. The normalized spacial score (nSPS) is 24.1.